The van der Waals surface area contributed by atoms with Gasteiger partial charge in [-0.25, -0.2) is 0 Å². The molecule has 1 aromatic rings. The average molecular weight is 278 g/mol. The second-order valence-corrected chi connectivity index (χ2v) is 5.98. The van der Waals surface area contributed by atoms with Crippen molar-refractivity contribution in [3.8, 4) is 0 Å². The molecule has 0 unspecified atom stereocenters. The van der Waals surface area contributed by atoms with Gasteiger partial charge in [0.15, 0.2) is 5.96 Å². The number of nitrogens with zero attached hydrogens (tertiary/aromatic N) is 2. The first-order valence-electron chi connectivity index (χ1n) is 7.00. The minimum Gasteiger partial charge on any atom is -0.353 e. The molecule has 0 atom stereocenters. The van der Waals surface area contributed by atoms with Crippen LogP contribution in [0.1, 0.15) is 30.7 Å². The van der Waals surface area contributed by atoms with E-state index in [-0.39, 0.29) is 0 Å². The Morgan fingerprint density at radius 3 is 2.95 bits per heavy atom. The van der Waals surface area contributed by atoms with Gasteiger partial charge in [0.25, 0.3) is 0 Å². The summed E-state index contributed by atoms with van der Waals surface area (Å²) in [6.07, 6.45) is 3.51. The maximum absolute atomic E-state index is 6.04. The lowest BCUT2D eigenvalue weighted by atomic mass is 9.76. The van der Waals surface area contributed by atoms with Gasteiger partial charge in [0.2, 0.25) is 0 Å². The summed E-state index contributed by atoms with van der Waals surface area (Å²) in [6, 6.07) is 8.80. The van der Waals surface area contributed by atoms with Gasteiger partial charge in [0.05, 0.1) is 0 Å². The molecule has 0 radical (unpaired) electrons. The molecule has 0 bridgehead atoms. The van der Waals surface area contributed by atoms with Gasteiger partial charge >= 0.3 is 0 Å². The standard InChI is InChI=1S/C15H20ClN3/c1-19-7-3-6-17-15(19)18-14-9-12(10-14)11-4-2-5-13(16)8-11/h2,4-5,8,12,14H,3,6-7,9-10H2,1H3,(H,17,18). The van der Waals surface area contributed by atoms with Crippen molar-refractivity contribution in [3.63, 3.8) is 0 Å². The van der Waals surface area contributed by atoms with Crippen LogP contribution in [0, 0.1) is 0 Å². The SMILES string of the molecule is CN1CCCN=C1NC1CC(c2cccc(Cl)c2)C1. The molecular formula is C15H20ClN3. The van der Waals surface area contributed by atoms with E-state index in [0.717, 1.165) is 30.5 Å². The highest BCUT2D eigenvalue weighted by Gasteiger charge is 2.31. The first kappa shape index (κ1) is 12.8. The molecule has 0 saturated heterocycles. The maximum atomic E-state index is 6.04. The van der Waals surface area contributed by atoms with Crippen LogP contribution in [0.4, 0.5) is 0 Å². The zero-order chi connectivity index (χ0) is 13.2. The zero-order valence-corrected chi connectivity index (χ0v) is 12.0. The van der Waals surface area contributed by atoms with Crippen molar-refractivity contribution < 1.29 is 0 Å². The molecular weight excluding hydrogens is 258 g/mol. The van der Waals surface area contributed by atoms with Gasteiger partial charge in [-0.15, -0.1) is 0 Å². The summed E-state index contributed by atoms with van der Waals surface area (Å²) in [5, 5.41) is 4.40. The number of hydrogen-bond acceptors (Lipinski definition) is 3. The summed E-state index contributed by atoms with van der Waals surface area (Å²) in [4.78, 5) is 6.77. The van der Waals surface area contributed by atoms with Crippen LogP contribution in [0.15, 0.2) is 29.3 Å². The van der Waals surface area contributed by atoms with Crippen LogP contribution in [0.5, 0.6) is 0 Å². The largest absolute Gasteiger partial charge is 0.353 e. The molecule has 1 aliphatic carbocycles. The lowest BCUT2D eigenvalue weighted by molar-refractivity contribution is 0.308. The number of halogens is 1. The van der Waals surface area contributed by atoms with Crippen LogP contribution in [0.2, 0.25) is 5.02 Å². The summed E-state index contributed by atoms with van der Waals surface area (Å²) >= 11 is 6.04. The molecule has 1 saturated carbocycles. The molecule has 3 nitrogen and oxygen atoms in total. The fourth-order valence-corrected chi connectivity index (χ4v) is 3.02. The first-order valence-corrected chi connectivity index (χ1v) is 7.38. The highest BCUT2D eigenvalue weighted by Crippen LogP contribution is 2.37. The van der Waals surface area contributed by atoms with E-state index in [0.29, 0.717) is 12.0 Å². The minimum atomic E-state index is 0.559. The third kappa shape index (κ3) is 2.86. The van der Waals surface area contributed by atoms with Crippen molar-refractivity contribution in [2.24, 2.45) is 4.99 Å². The van der Waals surface area contributed by atoms with Crippen LogP contribution in [-0.2, 0) is 0 Å². The van der Waals surface area contributed by atoms with Gasteiger partial charge in [0, 0.05) is 31.2 Å². The molecule has 0 amide bonds. The van der Waals surface area contributed by atoms with Gasteiger partial charge in [-0.2, -0.15) is 0 Å². The second kappa shape index (κ2) is 5.41. The lowest BCUT2D eigenvalue weighted by Crippen LogP contribution is -2.50. The van der Waals surface area contributed by atoms with Crippen molar-refractivity contribution >= 4 is 17.6 Å². The summed E-state index contributed by atoms with van der Waals surface area (Å²) in [6.45, 7) is 2.06. The quantitative estimate of drug-likeness (QED) is 0.900. The number of aliphatic imine (C=N–C) groups is 1. The monoisotopic (exact) mass is 277 g/mol. The van der Waals surface area contributed by atoms with E-state index in [2.05, 4.69) is 34.4 Å². The molecule has 1 heterocycles. The first-order chi connectivity index (χ1) is 9.22. The molecule has 1 aromatic carbocycles. The molecule has 4 heteroatoms. The number of hydrogen-bond donors (Lipinski definition) is 1. The van der Waals surface area contributed by atoms with E-state index in [1.54, 1.807) is 0 Å². The van der Waals surface area contributed by atoms with Gasteiger partial charge in [-0.05, 0) is 42.9 Å². The normalized spacial score (nSPS) is 26.6. The van der Waals surface area contributed by atoms with E-state index in [1.807, 2.05) is 12.1 Å². The second-order valence-electron chi connectivity index (χ2n) is 5.55. The summed E-state index contributed by atoms with van der Waals surface area (Å²) in [5.41, 5.74) is 1.37. The van der Waals surface area contributed by atoms with E-state index in [4.69, 9.17) is 11.6 Å². The van der Waals surface area contributed by atoms with Crippen LogP contribution >= 0.6 is 11.6 Å². The molecule has 1 fully saturated rings. The van der Waals surface area contributed by atoms with Crippen LogP contribution in [-0.4, -0.2) is 37.0 Å². The smallest absolute Gasteiger partial charge is 0.193 e. The zero-order valence-electron chi connectivity index (χ0n) is 11.3. The predicted molar refractivity (Wildman–Crippen MR) is 79.9 cm³/mol. The fourth-order valence-electron chi connectivity index (χ4n) is 2.83. The Morgan fingerprint density at radius 2 is 2.21 bits per heavy atom. The Bertz CT molecular complexity index is 480. The Hall–Kier alpha value is -1.22. The highest BCUT2D eigenvalue weighted by molar-refractivity contribution is 6.30. The van der Waals surface area contributed by atoms with Crippen molar-refractivity contribution in [1.29, 1.82) is 0 Å². The molecule has 102 valence electrons. The average Bonchev–Trinajstić information content (AvgIpc) is 2.35. The Labute approximate surface area is 119 Å². The molecule has 19 heavy (non-hydrogen) atoms. The van der Waals surface area contributed by atoms with Crippen molar-refractivity contribution in [2.75, 3.05) is 20.1 Å². The maximum Gasteiger partial charge on any atom is 0.193 e. The summed E-state index contributed by atoms with van der Waals surface area (Å²) in [7, 11) is 2.11. The minimum absolute atomic E-state index is 0.559. The topological polar surface area (TPSA) is 27.6 Å². The number of nitrogens with one attached hydrogen (secondary N) is 1. The van der Waals surface area contributed by atoms with E-state index in [9.17, 15) is 0 Å². The molecule has 3 rings (SSSR count). The summed E-state index contributed by atoms with van der Waals surface area (Å²) in [5.74, 6) is 1.71. The predicted octanol–water partition coefficient (Wildman–Crippen LogP) is 2.87. The van der Waals surface area contributed by atoms with Crippen molar-refractivity contribution in [1.82, 2.24) is 10.2 Å². The van der Waals surface area contributed by atoms with Crippen molar-refractivity contribution in [2.45, 2.75) is 31.2 Å². The Morgan fingerprint density at radius 1 is 1.37 bits per heavy atom. The fraction of sp³-hybridized carbons (Fsp3) is 0.533. The van der Waals surface area contributed by atoms with Crippen LogP contribution < -0.4 is 5.32 Å². The van der Waals surface area contributed by atoms with Gasteiger partial charge in [-0.3, -0.25) is 4.99 Å². The molecule has 1 N–H and O–H groups in total. The summed E-state index contributed by atoms with van der Waals surface area (Å²) < 4.78 is 0. The van der Waals surface area contributed by atoms with Gasteiger partial charge in [-0.1, -0.05) is 23.7 Å². The van der Waals surface area contributed by atoms with E-state index >= 15 is 0 Å². The number of rotatable bonds is 2. The molecule has 0 spiro atoms. The highest BCUT2D eigenvalue weighted by atomic mass is 35.5. The van der Waals surface area contributed by atoms with E-state index < -0.39 is 0 Å². The molecule has 1 aliphatic heterocycles. The number of benzene rings is 1. The van der Waals surface area contributed by atoms with Gasteiger partial charge < -0.3 is 10.2 Å². The van der Waals surface area contributed by atoms with Crippen LogP contribution in [0.3, 0.4) is 0 Å². The Kier molecular flexibility index (Phi) is 3.65. The third-order valence-corrected chi connectivity index (χ3v) is 4.30. The molecule has 2 aliphatic rings. The lowest BCUT2D eigenvalue weighted by Gasteiger charge is -2.39. The number of guanidine groups is 1. The molecule has 0 aromatic heterocycles. The van der Waals surface area contributed by atoms with Crippen LogP contribution in [0.25, 0.3) is 0 Å². The van der Waals surface area contributed by atoms with Gasteiger partial charge in [0.1, 0.15) is 0 Å². The van der Waals surface area contributed by atoms with Crippen molar-refractivity contribution in [3.05, 3.63) is 34.9 Å². The third-order valence-electron chi connectivity index (χ3n) is 4.07. The van der Waals surface area contributed by atoms with E-state index in [1.165, 1.54) is 18.4 Å². The Balaban J connectivity index is 1.54.